The Morgan fingerprint density at radius 1 is 0.800 bits per heavy atom. The summed E-state index contributed by atoms with van der Waals surface area (Å²) in [6.45, 7) is 9.16. The lowest BCUT2D eigenvalue weighted by Gasteiger charge is -2.34. The molecule has 1 fully saturated rings. The summed E-state index contributed by atoms with van der Waals surface area (Å²) in [4.78, 5) is 58.0. The van der Waals surface area contributed by atoms with Gasteiger partial charge in [0.2, 0.25) is 15.9 Å². The van der Waals surface area contributed by atoms with Crippen LogP contribution in [-0.4, -0.2) is 112 Å². The normalized spacial score (nSPS) is 13.1. The number of piperazine rings is 1. The zero-order valence-electron chi connectivity index (χ0n) is 37.1. The Bertz CT molecular complexity index is 2680. The minimum atomic E-state index is -3.66. The van der Waals surface area contributed by atoms with Crippen molar-refractivity contribution < 1.29 is 46.9 Å². The molecule has 1 aromatic heterocycles. The van der Waals surface area contributed by atoms with Crippen LogP contribution < -0.4 is 40.2 Å². The summed E-state index contributed by atoms with van der Waals surface area (Å²) >= 11 is 0. The molecule has 2 heterocycles. The molecule has 4 aromatic carbocycles. The van der Waals surface area contributed by atoms with Crippen LogP contribution in [0.2, 0.25) is 0 Å². The Hall–Kier alpha value is -7.12. The second-order valence-corrected chi connectivity index (χ2v) is 18.1. The van der Waals surface area contributed by atoms with Gasteiger partial charge < -0.3 is 45.5 Å². The molecule has 0 saturated carbocycles. The van der Waals surface area contributed by atoms with Crippen molar-refractivity contribution in [3.8, 4) is 23.0 Å². The number of nitrogens with one attached hydrogen (secondary N) is 5. The maximum atomic E-state index is 13.5. The van der Waals surface area contributed by atoms with Crippen molar-refractivity contribution in [2.75, 3.05) is 80.4 Å². The van der Waals surface area contributed by atoms with Crippen LogP contribution in [0, 0.1) is 0 Å². The van der Waals surface area contributed by atoms with Crippen LogP contribution in [0.3, 0.4) is 0 Å². The van der Waals surface area contributed by atoms with E-state index < -0.39 is 22.0 Å². The van der Waals surface area contributed by atoms with E-state index in [2.05, 4.69) is 35.9 Å². The third-order valence-corrected chi connectivity index (χ3v) is 11.1. The number of carboxylic acid groups (broad SMARTS) is 1. The fourth-order valence-corrected chi connectivity index (χ4v) is 7.74. The van der Waals surface area contributed by atoms with Crippen molar-refractivity contribution >= 4 is 73.2 Å². The second kappa shape index (κ2) is 20.6. The molecule has 6 N–H and O–H groups in total. The number of aromatic nitrogens is 1. The number of carboxylic acids is 1. The van der Waals surface area contributed by atoms with Crippen LogP contribution in [0.5, 0.6) is 23.0 Å². The first-order valence-corrected chi connectivity index (χ1v) is 22.7. The number of anilines is 5. The van der Waals surface area contributed by atoms with Gasteiger partial charge in [-0.2, -0.15) is 0 Å². The summed E-state index contributed by atoms with van der Waals surface area (Å²) in [7, 11) is -0.782. The molecule has 65 heavy (non-hydrogen) atoms. The van der Waals surface area contributed by atoms with E-state index in [1.165, 1.54) is 14.2 Å². The average Bonchev–Trinajstić information content (AvgIpc) is 3.25. The van der Waals surface area contributed by atoms with Gasteiger partial charge in [0, 0.05) is 80.5 Å². The Morgan fingerprint density at radius 3 is 2.18 bits per heavy atom. The van der Waals surface area contributed by atoms with Gasteiger partial charge in [-0.1, -0.05) is 45.0 Å². The van der Waals surface area contributed by atoms with Crippen molar-refractivity contribution in [3.05, 3.63) is 96.2 Å². The van der Waals surface area contributed by atoms with Crippen LogP contribution in [-0.2, 0) is 25.0 Å². The minimum Gasteiger partial charge on any atom is -0.496 e. The Labute approximate surface area is 377 Å². The highest BCUT2D eigenvalue weighted by Crippen LogP contribution is 2.40. The molecule has 19 heteroatoms. The van der Waals surface area contributed by atoms with Gasteiger partial charge in [-0.3, -0.25) is 24.0 Å². The van der Waals surface area contributed by atoms with E-state index in [0.29, 0.717) is 90.0 Å². The number of hydrogen-bond donors (Lipinski definition) is 6. The molecule has 0 spiro atoms. The third-order valence-electron chi connectivity index (χ3n) is 10.5. The summed E-state index contributed by atoms with van der Waals surface area (Å²) in [5, 5.41) is 22.2. The van der Waals surface area contributed by atoms with Crippen LogP contribution in [0.1, 0.15) is 49.5 Å². The highest BCUT2D eigenvalue weighted by Gasteiger charge is 2.24. The quantitative estimate of drug-likeness (QED) is 0.0562. The van der Waals surface area contributed by atoms with Crippen LogP contribution in [0.25, 0.3) is 10.8 Å². The Kier molecular flexibility index (Phi) is 15.0. The number of fused-ring (bicyclic) bond motifs is 1. The molecule has 0 atom stereocenters. The van der Waals surface area contributed by atoms with Gasteiger partial charge in [-0.05, 0) is 53.4 Å². The van der Waals surface area contributed by atoms with E-state index in [9.17, 15) is 27.6 Å². The number of methoxy groups -OCH3 is 2. The first-order valence-electron chi connectivity index (χ1n) is 20.8. The molecule has 0 radical (unpaired) electrons. The molecule has 6 rings (SSSR count). The average molecular weight is 911 g/mol. The van der Waals surface area contributed by atoms with Gasteiger partial charge in [0.1, 0.15) is 23.1 Å². The third kappa shape index (κ3) is 12.8. The number of benzene rings is 4. The highest BCUT2D eigenvalue weighted by atomic mass is 32.2. The number of sulfonamides is 1. The van der Waals surface area contributed by atoms with E-state index in [-0.39, 0.29) is 47.2 Å². The molecule has 1 saturated heterocycles. The monoisotopic (exact) mass is 910 g/mol. The van der Waals surface area contributed by atoms with Crippen molar-refractivity contribution in [1.29, 1.82) is 0 Å². The summed E-state index contributed by atoms with van der Waals surface area (Å²) in [6, 6.07) is 22.3. The van der Waals surface area contributed by atoms with E-state index >= 15 is 0 Å². The lowest BCUT2D eigenvalue weighted by atomic mass is 9.86. The van der Waals surface area contributed by atoms with Gasteiger partial charge >= 0.3 is 12.0 Å². The standard InChI is InChI=1S/C46H54N8O10S/c1-46(2,3)29-25-36(43(63-5)37(26-29)52-65(6,60)61)51-45(59)50-35-13-14-38(33-10-8-7-9-32(33)35)64-31-17-18-47-40(28-31)49-30-11-12-34(39(27-30)62-4)44(58)48-19-20-53-21-23-54(24-22-53)41(55)15-16-42(56)57/h7-14,17-18,25-28,52H,15-16,19-24H2,1-6H3,(H,47,49)(H,48,58)(H,56,57)(H2,50,51,59). The van der Waals surface area contributed by atoms with Crippen LogP contribution in [0.15, 0.2) is 85.1 Å². The molecular formula is C46H54N8O10S. The maximum absolute atomic E-state index is 13.5. The number of hydrogen-bond acceptors (Lipinski definition) is 12. The number of urea groups is 1. The highest BCUT2D eigenvalue weighted by molar-refractivity contribution is 7.92. The van der Waals surface area contributed by atoms with Crippen molar-refractivity contribution in [2.45, 2.75) is 39.0 Å². The molecule has 0 bridgehead atoms. The minimum absolute atomic E-state index is 0.0104. The lowest BCUT2D eigenvalue weighted by Crippen LogP contribution is -2.50. The number of carbonyl (C=O) groups is 4. The molecule has 1 aliphatic heterocycles. The molecule has 0 unspecified atom stereocenters. The summed E-state index contributed by atoms with van der Waals surface area (Å²) in [6.07, 6.45) is 2.44. The van der Waals surface area contributed by atoms with Gasteiger partial charge in [-0.15, -0.1) is 0 Å². The number of nitrogens with zero attached hydrogens (tertiary/aromatic N) is 3. The van der Waals surface area contributed by atoms with E-state index in [1.807, 2.05) is 45.0 Å². The molecule has 344 valence electrons. The Balaban J connectivity index is 1.08. The van der Waals surface area contributed by atoms with Crippen molar-refractivity contribution in [1.82, 2.24) is 20.1 Å². The number of ether oxygens (including phenoxy) is 3. The Morgan fingerprint density at radius 2 is 1.51 bits per heavy atom. The van der Waals surface area contributed by atoms with Crippen LogP contribution in [0.4, 0.5) is 33.4 Å². The van der Waals surface area contributed by atoms with Gasteiger partial charge in [0.05, 0.1) is 49.5 Å². The number of carbonyl (C=O) groups excluding carboxylic acids is 3. The molecule has 5 aromatic rings. The van der Waals surface area contributed by atoms with Crippen molar-refractivity contribution in [3.63, 3.8) is 0 Å². The van der Waals surface area contributed by atoms with E-state index in [0.717, 1.165) is 11.8 Å². The lowest BCUT2D eigenvalue weighted by molar-refractivity contribution is -0.141. The molecule has 1 aliphatic rings. The van der Waals surface area contributed by atoms with E-state index in [1.54, 1.807) is 65.7 Å². The van der Waals surface area contributed by atoms with Gasteiger partial charge in [0.15, 0.2) is 5.75 Å². The summed E-state index contributed by atoms with van der Waals surface area (Å²) < 4.78 is 44.4. The summed E-state index contributed by atoms with van der Waals surface area (Å²) in [5.74, 6) is 0.507. The van der Waals surface area contributed by atoms with Crippen molar-refractivity contribution in [2.24, 2.45) is 0 Å². The maximum Gasteiger partial charge on any atom is 0.323 e. The molecule has 18 nitrogen and oxygen atoms in total. The summed E-state index contributed by atoms with van der Waals surface area (Å²) in [5.41, 5.74) is 2.32. The number of amides is 4. The zero-order chi connectivity index (χ0) is 46.9. The molecular weight excluding hydrogens is 857 g/mol. The molecule has 4 amide bonds. The fraction of sp³-hybridized carbons (Fsp3) is 0.326. The van der Waals surface area contributed by atoms with Gasteiger partial charge in [0.25, 0.3) is 5.91 Å². The fourth-order valence-electron chi connectivity index (χ4n) is 7.19. The predicted octanol–water partition coefficient (Wildman–Crippen LogP) is 6.84. The zero-order valence-corrected chi connectivity index (χ0v) is 37.9. The molecule has 0 aliphatic carbocycles. The number of aliphatic carboxylic acids is 1. The van der Waals surface area contributed by atoms with E-state index in [4.69, 9.17) is 19.3 Å². The SMILES string of the molecule is COc1cc(Nc2cc(Oc3ccc(NC(=O)Nc4cc(C(C)(C)C)cc(NS(C)(=O)=O)c4OC)c4ccccc34)ccn2)ccc1C(=O)NCCN1CCN(C(=O)CCC(=O)O)CC1. The van der Waals surface area contributed by atoms with Gasteiger partial charge in [-0.25, -0.2) is 18.2 Å². The first kappa shape index (κ1) is 47.4. The predicted molar refractivity (Wildman–Crippen MR) is 250 cm³/mol. The number of rotatable bonds is 17. The smallest absolute Gasteiger partial charge is 0.323 e. The first-order chi connectivity index (χ1) is 30.9. The topological polar surface area (TPSA) is 230 Å². The largest absolute Gasteiger partial charge is 0.496 e. The van der Waals surface area contributed by atoms with Crippen LogP contribution >= 0.6 is 0 Å². The second-order valence-electron chi connectivity index (χ2n) is 16.4. The number of pyridine rings is 1.